The maximum absolute atomic E-state index is 10.8. The Balaban J connectivity index is 2.88. The van der Waals surface area contributed by atoms with E-state index in [0.717, 1.165) is 11.3 Å². The summed E-state index contributed by atoms with van der Waals surface area (Å²) < 4.78 is 6.11. The Kier molecular flexibility index (Phi) is 3.81. The van der Waals surface area contributed by atoms with Crippen molar-refractivity contribution in [2.45, 2.75) is 45.5 Å². The summed E-state index contributed by atoms with van der Waals surface area (Å²) in [5.74, 6) is 0.833. The number of rotatable bonds is 3. The summed E-state index contributed by atoms with van der Waals surface area (Å²) in [6.07, 6.45) is 0. The molecule has 0 spiro atoms. The summed E-state index contributed by atoms with van der Waals surface area (Å²) in [5, 5.41) is 11.0. The zero-order valence-electron chi connectivity index (χ0n) is 10.8. The minimum absolute atomic E-state index is 0.181. The molecule has 0 fully saturated rings. The second kappa shape index (κ2) is 4.59. The first-order valence-electron chi connectivity index (χ1n) is 5.62. The number of benzene rings is 1. The minimum atomic E-state index is -1.78. The molecule has 16 heavy (non-hydrogen) atoms. The molecular formula is C13H21O2Si. The third-order valence-corrected chi connectivity index (χ3v) is 7.60. The van der Waals surface area contributed by atoms with Crippen LogP contribution in [0.25, 0.3) is 0 Å². The van der Waals surface area contributed by atoms with Gasteiger partial charge >= 0.3 is 0 Å². The molecule has 1 rings (SSSR count). The smallest absolute Gasteiger partial charge is 0.250 e. The maximum Gasteiger partial charge on any atom is 0.250 e. The third kappa shape index (κ3) is 3.09. The van der Waals surface area contributed by atoms with Crippen LogP contribution in [0.1, 0.15) is 26.3 Å². The summed E-state index contributed by atoms with van der Waals surface area (Å²) in [6.45, 7) is 10.8. The van der Waals surface area contributed by atoms with E-state index in [2.05, 4.69) is 33.9 Å². The van der Waals surface area contributed by atoms with E-state index < -0.39 is 8.32 Å². The average molecular weight is 237 g/mol. The van der Waals surface area contributed by atoms with Crippen molar-refractivity contribution < 1.29 is 9.53 Å². The Labute approximate surface area is 99.4 Å². The Hall–Kier alpha value is -0.803. The fourth-order valence-electron chi connectivity index (χ4n) is 1.15. The molecule has 0 aromatic heterocycles. The van der Waals surface area contributed by atoms with Crippen molar-refractivity contribution >= 4 is 8.32 Å². The molecule has 0 unspecified atom stereocenters. The van der Waals surface area contributed by atoms with Crippen LogP contribution in [0.3, 0.4) is 0 Å². The van der Waals surface area contributed by atoms with Crippen molar-refractivity contribution in [1.82, 2.24) is 0 Å². The molecule has 0 bridgehead atoms. The van der Waals surface area contributed by atoms with Crippen LogP contribution in [0.2, 0.25) is 18.1 Å². The first-order chi connectivity index (χ1) is 7.26. The van der Waals surface area contributed by atoms with Crippen LogP contribution in [-0.4, -0.2) is 8.32 Å². The zero-order chi connectivity index (χ0) is 12.4. The fourth-order valence-corrected chi connectivity index (χ4v) is 2.17. The highest BCUT2D eigenvalue weighted by Gasteiger charge is 2.38. The van der Waals surface area contributed by atoms with E-state index in [-0.39, 0.29) is 11.6 Å². The van der Waals surface area contributed by atoms with Crippen LogP contribution in [0.15, 0.2) is 24.3 Å². The van der Waals surface area contributed by atoms with Gasteiger partial charge < -0.3 is 4.43 Å². The van der Waals surface area contributed by atoms with Gasteiger partial charge in [-0.05, 0) is 35.8 Å². The van der Waals surface area contributed by atoms with Crippen molar-refractivity contribution in [3.05, 3.63) is 29.8 Å². The molecule has 3 heteroatoms. The lowest BCUT2D eigenvalue weighted by Gasteiger charge is -2.36. The molecule has 1 radical (unpaired) electrons. The molecule has 0 aliphatic heterocycles. The number of hydrogen-bond donors (Lipinski definition) is 0. The van der Waals surface area contributed by atoms with Crippen LogP contribution in [0, 0.1) is 0 Å². The molecule has 89 valence electrons. The molecule has 0 aliphatic rings. The SMILES string of the molecule is CC(C)(C)[Si](C)(C)Oc1cccc(C[O])c1. The van der Waals surface area contributed by atoms with Gasteiger partial charge in [-0.15, -0.1) is 0 Å². The van der Waals surface area contributed by atoms with Crippen molar-refractivity contribution in [2.75, 3.05) is 0 Å². The first-order valence-corrected chi connectivity index (χ1v) is 8.53. The van der Waals surface area contributed by atoms with Crippen LogP contribution < -0.4 is 4.43 Å². The van der Waals surface area contributed by atoms with Gasteiger partial charge in [-0.3, -0.25) is 0 Å². The Morgan fingerprint density at radius 2 is 1.88 bits per heavy atom. The summed E-state index contributed by atoms with van der Waals surface area (Å²) in [5.41, 5.74) is 0.788. The largest absolute Gasteiger partial charge is 0.543 e. The fraction of sp³-hybridized carbons (Fsp3) is 0.538. The highest BCUT2D eigenvalue weighted by molar-refractivity contribution is 6.74. The van der Waals surface area contributed by atoms with Gasteiger partial charge in [0.05, 0.1) is 0 Å². The van der Waals surface area contributed by atoms with E-state index in [4.69, 9.17) is 4.43 Å². The van der Waals surface area contributed by atoms with Gasteiger partial charge in [0.15, 0.2) is 0 Å². The second-order valence-corrected chi connectivity index (χ2v) is 10.4. The topological polar surface area (TPSA) is 29.1 Å². The maximum atomic E-state index is 10.8. The number of hydrogen-bond acceptors (Lipinski definition) is 1. The molecule has 0 saturated heterocycles. The van der Waals surface area contributed by atoms with E-state index in [1.165, 1.54) is 0 Å². The van der Waals surface area contributed by atoms with E-state index in [1.807, 2.05) is 24.3 Å². The molecule has 0 amide bonds. The lowest BCUT2D eigenvalue weighted by Crippen LogP contribution is -2.43. The monoisotopic (exact) mass is 237 g/mol. The molecular weight excluding hydrogens is 216 g/mol. The van der Waals surface area contributed by atoms with Crippen molar-refractivity contribution in [1.29, 1.82) is 0 Å². The zero-order valence-corrected chi connectivity index (χ0v) is 11.8. The molecule has 0 heterocycles. The summed E-state index contributed by atoms with van der Waals surface area (Å²) in [6, 6.07) is 7.51. The van der Waals surface area contributed by atoms with Gasteiger partial charge in [0, 0.05) is 0 Å². The lowest BCUT2D eigenvalue weighted by molar-refractivity contribution is 0.177. The van der Waals surface area contributed by atoms with Crippen LogP contribution in [0.5, 0.6) is 5.75 Å². The van der Waals surface area contributed by atoms with E-state index in [9.17, 15) is 5.11 Å². The predicted molar refractivity (Wildman–Crippen MR) is 68.7 cm³/mol. The van der Waals surface area contributed by atoms with Crippen LogP contribution in [-0.2, 0) is 11.7 Å². The summed E-state index contributed by atoms with van der Waals surface area (Å²) >= 11 is 0. The molecule has 0 aliphatic carbocycles. The van der Waals surface area contributed by atoms with E-state index >= 15 is 0 Å². The predicted octanol–water partition coefficient (Wildman–Crippen LogP) is 4.00. The van der Waals surface area contributed by atoms with E-state index in [0.29, 0.717) is 0 Å². The Morgan fingerprint density at radius 3 is 2.38 bits per heavy atom. The van der Waals surface area contributed by atoms with Gasteiger partial charge in [0.2, 0.25) is 8.32 Å². The highest BCUT2D eigenvalue weighted by Crippen LogP contribution is 2.37. The van der Waals surface area contributed by atoms with Gasteiger partial charge in [-0.1, -0.05) is 32.9 Å². The Bertz CT molecular complexity index is 353. The lowest BCUT2D eigenvalue weighted by atomic mass is 10.2. The molecule has 0 atom stereocenters. The van der Waals surface area contributed by atoms with Gasteiger partial charge in [-0.2, -0.15) is 0 Å². The molecule has 0 saturated carbocycles. The summed E-state index contributed by atoms with van der Waals surface area (Å²) in [4.78, 5) is 0. The normalized spacial score (nSPS) is 12.6. The average Bonchev–Trinajstić information content (AvgIpc) is 2.15. The minimum Gasteiger partial charge on any atom is -0.543 e. The van der Waals surface area contributed by atoms with Crippen molar-refractivity contribution in [3.8, 4) is 5.75 Å². The van der Waals surface area contributed by atoms with Gasteiger partial charge in [-0.25, -0.2) is 5.11 Å². The first kappa shape index (κ1) is 13.3. The standard InChI is InChI=1S/C13H21O2Si/c1-13(2,3)16(4,5)15-12-8-6-7-11(9-12)10-14/h6-9H,10H2,1-5H3. The molecule has 1 aromatic carbocycles. The molecule has 1 aromatic rings. The summed E-state index contributed by atoms with van der Waals surface area (Å²) in [7, 11) is -1.78. The van der Waals surface area contributed by atoms with Gasteiger partial charge in [0.25, 0.3) is 0 Å². The third-order valence-electron chi connectivity index (χ3n) is 3.24. The van der Waals surface area contributed by atoms with Crippen molar-refractivity contribution in [3.63, 3.8) is 0 Å². The van der Waals surface area contributed by atoms with E-state index in [1.54, 1.807) is 0 Å². The van der Waals surface area contributed by atoms with Crippen LogP contribution >= 0.6 is 0 Å². The molecule has 2 nitrogen and oxygen atoms in total. The Morgan fingerprint density at radius 1 is 1.25 bits per heavy atom. The van der Waals surface area contributed by atoms with Crippen molar-refractivity contribution in [2.24, 2.45) is 0 Å². The molecule has 0 N–H and O–H groups in total. The quantitative estimate of drug-likeness (QED) is 0.730. The van der Waals surface area contributed by atoms with Crippen LogP contribution in [0.4, 0.5) is 0 Å². The highest BCUT2D eigenvalue weighted by atomic mass is 28.4. The second-order valence-electron chi connectivity index (χ2n) is 5.65. The van der Waals surface area contributed by atoms with Gasteiger partial charge in [0.1, 0.15) is 12.4 Å².